The monoisotopic (exact) mass is 250 g/mol. The lowest BCUT2D eigenvalue weighted by atomic mass is 10.1. The van der Waals surface area contributed by atoms with Gasteiger partial charge >= 0.3 is 0 Å². The van der Waals surface area contributed by atoms with Crippen LogP contribution in [0.1, 0.15) is 30.1 Å². The van der Waals surface area contributed by atoms with E-state index in [0.717, 1.165) is 19.4 Å². The summed E-state index contributed by atoms with van der Waals surface area (Å²) in [6.07, 6.45) is 2.03. The fourth-order valence-corrected chi connectivity index (χ4v) is 1.85. The van der Waals surface area contributed by atoms with Gasteiger partial charge in [0.15, 0.2) is 11.5 Å². The first kappa shape index (κ1) is 12.5. The van der Waals surface area contributed by atoms with E-state index in [1.807, 2.05) is 0 Å². The zero-order valence-electron chi connectivity index (χ0n) is 10.7. The summed E-state index contributed by atoms with van der Waals surface area (Å²) in [7, 11) is 1.78. The van der Waals surface area contributed by atoms with E-state index in [1.54, 1.807) is 24.1 Å². The molecular weight excluding hydrogens is 232 g/mol. The summed E-state index contributed by atoms with van der Waals surface area (Å²) in [4.78, 5) is 13.9. The smallest absolute Gasteiger partial charge is 0.255 e. The number of fused-ring (bicyclic) bond motifs is 1. The predicted molar refractivity (Wildman–Crippen MR) is 68.8 cm³/mol. The second kappa shape index (κ2) is 5.16. The SMILES string of the molecule is CCCCN(C)C(=O)c1cc2c(cc1N)OCO2. The van der Waals surface area contributed by atoms with E-state index in [0.29, 0.717) is 22.7 Å². The topological polar surface area (TPSA) is 64.8 Å². The van der Waals surface area contributed by atoms with Crippen molar-refractivity contribution < 1.29 is 14.3 Å². The molecule has 0 fully saturated rings. The van der Waals surface area contributed by atoms with Crippen molar-refractivity contribution in [3.8, 4) is 11.5 Å². The molecule has 1 amide bonds. The number of benzene rings is 1. The van der Waals surface area contributed by atoms with Gasteiger partial charge < -0.3 is 20.1 Å². The Labute approximate surface area is 106 Å². The van der Waals surface area contributed by atoms with Gasteiger partial charge in [-0.25, -0.2) is 0 Å². The molecule has 98 valence electrons. The first-order valence-corrected chi connectivity index (χ1v) is 6.08. The first-order valence-electron chi connectivity index (χ1n) is 6.08. The number of nitrogens with two attached hydrogens (primary N) is 1. The summed E-state index contributed by atoms with van der Waals surface area (Å²) in [6.45, 7) is 2.99. The van der Waals surface area contributed by atoms with Crippen LogP contribution < -0.4 is 15.2 Å². The van der Waals surface area contributed by atoms with E-state index in [4.69, 9.17) is 15.2 Å². The van der Waals surface area contributed by atoms with Crippen molar-refractivity contribution in [2.45, 2.75) is 19.8 Å². The second-order valence-corrected chi connectivity index (χ2v) is 4.37. The maximum absolute atomic E-state index is 12.2. The highest BCUT2D eigenvalue weighted by Crippen LogP contribution is 2.36. The molecule has 1 aliphatic heterocycles. The van der Waals surface area contributed by atoms with E-state index < -0.39 is 0 Å². The van der Waals surface area contributed by atoms with Gasteiger partial charge in [0.2, 0.25) is 6.79 Å². The third-order valence-electron chi connectivity index (χ3n) is 2.97. The lowest BCUT2D eigenvalue weighted by Gasteiger charge is -2.18. The van der Waals surface area contributed by atoms with Gasteiger partial charge in [-0.3, -0.25) is 4.79 Å². The third kappa shape index (κ3) is 2.34. The fraction of sp³-hybridized carbons (Fsp3) is 0.462. The van der Waals surface area contributed by atoms with Crippen LogP contribution in [-0.4, -0.2) is 31.2 Å². The van der Waals surface area contributed by atoms with Gasteiger partial charge in [-0.1, -0.05) is 13.3 Å². The molecule has 1 aromatic carbocycles. The summed E-state index contributed by atoms with van der Waals surface area (Å²) >= 11 is 0. The van der Waals surface area contributed by atoms with Crippen LogP contribution in [0.5, 0.6) is 11.5 Å². The quantitative estimate of drug-likeness (QED) is 0.828. The van der Waals surface area contributed by atoms with Crippen molar-refractivity contribution in [1.82, 2.24) is 4.90 Å². The highest BCUT2D eigenvalue weighted by molar-refractivity contribution is 6.00. The number of ether oxygens (including phenoxy) is 2. The van der Waals surface area contributed by atoms with Gasteiger partial charge in [0, 0.05) is 25.3 Å². The van der Waals surface area contributed by atoms with Crippen molar-refractivity contribution in [2.24, 2.45) is 0 Å². The Morgan fingerprint density at radius 2 is 2.06 bits per heavy atom. The molecule has 5 heteroatoms. The minimum Gasteiger partial charge on any atom is -0.454 e. The van der Waals surface area contributed by atoms with Crippen LogP contribution in [0.15, 0.2) is 12.1 Å². The summed E-state index contributed by atoms with van der Waals surface area (Å²) < 4.78 is 10.5. The Morgan fingerprint density at radius 1 is 1.39 bits per heavy atom. The summed E-state index contributed by atoms with van der Waals surface area (Å²) in [5.74, 6) is 1.09. The van der Waals surface area contributed by atoms with Gasteiger partial charge in [-0.15, -0.1) is 0 Å². The normalized spacial score (nSPS) is 12.6. The first-order chi connectivity index (χ1) is 8.63. The fourth-order valence-electron chi connectivity index (χ4n) is 1.85. The molecule has 2 N–H and O–H groups in total. The molecule has 1 aromatic rings. The summed E-state index contributed by atoms with van der Waals surface area (Å²) in [5.41, 5.74) is 6.77. The van der Waals surface area contributed by atoms with E-state index in [9.17, 15) is 4.79 Å². The Hall–Kier alpha value is -1.91. The minimum absolute atomic E-state index is 0.0840. The van der Waals surface area contributed by atoms with Crippen LogP contribution in [0.25, 0.3) is 0 Å². The van der Waals surface area contributed by atoms with E-state index in [1.165, 1.54) is 0 Å². The molecule has 18 heavy (non-hydrogen) atoms. The molecule has 1 aliphatic rings. The van der Waals surface area contributed by atoms with Gasteiger partial charge in [0.25, 0.3) is 5.91 Å². The van der Waals surface area contributed by atoms with Crippen LogP contribution in [0.4, 0.5) is 5.69 Å². The molecule has 0 spiro atoms. The number of rotatable bonds is 4. The molecule has 2 rings (SSSR count). The Bertz CT molecular complexity index is 460. The zero-order valence-corrected chi connectivity index (χ0v) is 10.7. The van der Waals surface area contributed by atoms with Gasteiger partial charge in [0.1, 0.15) is 0 Å². The molecular formula is C13H18N2O3. The Balaban J connectivity index is 2.20. The van der Waals surface area contributed by atoms with Crippen LogP contribution >= 0.6 is 0 Å². The van der Waals surface area contributed by atoms with Crippen molar-refractivity contribution in [2.75, 3.05) is 26.1 Å². The minimum atomic E-state index is -0.0840. The lowest BCUT2D eigenvalue weighted by molar-refractivity contribution is 0.0794. The van der Waals surface area contributed by atoms with Gasteiger partial charge in [-0.05, 0) is 12.5 Å². The average Bonchev–Trinajstić information content (AvgIpc) is 2.81. The molecule has 0 saturated carbocycles. The van der Waals surface area contributed by atoms with E-state index >= 15 is 0 Å². The molecule has 5 nitrogen and oxygen atoms in total. The maximum Gasteiger partial charge on any atom is 0.255 e. The van der Waals surface area contributed by atoms with Crippen LogP contribution in [0, 0.1) is 0 Å². The van der Waals surface area contributed by atoms with E-state index in [2.05, 4.69) is 6.92 Å². The summed E-state index contributed by atoms with van der Waals surface area (Å²) in [5, 5.41) is 0. The molecule has 0 radical (unpaired) electrons. The summed E-state index contributed by atoms with van der Waals surface area (Å²) in [6, 6.07) is 3.30. The lowest BCUT2D eigenvalue weighted by Crippen LogP contribution is -2.28. The number of anilines is 1. The maximum atomic E-state index is 12.2. The Kier molecular flexibility index (Phi) is 3.60. The molecule has 1 heterocycles. The second-order valence-electron chi connectivity index (χ2n) is 4.37. The number of unbranched alkanes of at least 4 members (excludes halogenated alkanes) is 1. The highest BCUT2D eigenvalue weighted by Gasteiger charge is 2.21. The number of hydrogen-bond acceptors (Lipinski definition) is 4. The number of carbonyl (C=O) groups is 1. The molecule has 0 aromatic heterocycles. The molecule has 0 unspecified atom stereocenters. The van der Waals surface area contributed by atoms with Crippen LogP contribution in [0.3, 0.4) is 0 Å². The zero-order chi connectivity index (χ0) is 13.1. The number of nitrogen functional groups attached to an aromatic ring is 1. The largest absolute Gasteiger partial charge is 0.454 e. The molecule has 0 saturated heterocycles. The predicted octanol–water partition coefficient (Wildman–Crippen LogP) is 1.87. The van der Waals surface area contributed by atoms with E-state index in [-0.39, 0.29) is 12.7 Å². The highest BCUT2D eigenvalue weighted by atomic mass is 16.7. The average molecular weight is 250 g/mol. The molecule has 0 bridgehead atoms. The van der Waals surface area contributed by atoms with Gasteiger partial charge in [0.05, 0.1) is 5.56 Å². The third-order valence-corrected chi connectivity index (χ3v) is 2.97. The van der Waals surface area contributed by atoms with Gasteiger partial charge in [-0.2, -0.15) is 0 Å². The van der Waals surface area contributed by atoms with Crippen molar-refractivity contribution >= 4 is 11.6 Å². The standard InChI is InChI=1S/C13H18N2O3/c1-3-4-5-15(2)13(16)9-6-11-12(7-10(9)14)18-8-17-11/h6-7H,3-5,8,14H2,1-2H3. The number of amides is 1. The number of carbonyl (C=O) groups excluding carboxylic acids is 1. The Morgan fingerprint density at radius 3 is 2.72 bits per heavy atom. The van der Waals surface area contributed by atoms with Crippen molar-refractivity contribution in [3.63, 3.8) is 0 Å². The number of nitrogens with zero attached hydrogens (tertiary/aromatic N) is 1. The van der Waals surface area contributed by atoms with Crippen molar-refractivity contribution in [3.05, 3.63) is 17.7 Å². The molecule has 0 atom stereocenters. The van der Waals surface area contributed by atoms with Crippen LogP contribution in [-0.2, 0) is 0 Å². The number of hydrogen-bond donors (Lipinski definition) is 1. The van der Waals surface area contributed by atoms with Crippen LogP contribution in [0.2, 0.25) is 0 Å². The van der Waals surface area contributed by atoms with Crippen molar-refractivity contribution in [1.29, 1.82) is 0 Å². The molecule has 0 aliphatic carbocycles.